The van der Waals surface area contributed by atoms with Gasteiger partial charge in [-0.25, -0.2) is 14.8 Å². The molecule has 7 heteroatoms. The van der Waals surface area contributed by atoms with Crippen LogP contribution in [0.3, 0.4) is 0 Å². The molecule has 0 fully saturated rings. The molecule has 0 aliphatic carbocycles. The summed E-state index contributed by atoms with van der Waals surface area (Å²) >= 11 is 1.57. The maximum Gasteiger partial charge on any atom is 0.340 e. The van der Waals surface area contributed by atoms with Crippen LogP contribution in [0.4, 0.5) is 0 Å². The number of esters is 1. The summed E-state index contributed by atoms with van der Waals surface area (Å²) < 4.78 is 10.5. The van der Waals surface area contributed by atoms with Gasteiger partial charge in [-0.2, -0.15) is 0 Å². The molecule has 3 aromatic heterocycles. The molecule has 3 heterocycles. The van der Waals surface area contributed by atoms with Crippen LogP contribution in [-0.2, 0) is 17.8 Å². The predicted octanol–water partition coefficient (Wildman–Crippen LogP) is 3.72. The second-order valence-electron chi connectivity index (χ2n) is 5.46. The van der Waals surface area contributed by atoms with E-state index in [0.717, 1.165) is 28.2 Å². The van der Waals surface area contributed by atoms with Crippen LogP contribution in [0.1, 0.15) is 53.4 Å². The number of aryl methyl sites for hydroxylation is 1. The second kappa shape index (κ2) is 6.45. The molecule has 0 saturated carbocycles. The normalized spacial score (nSPS) is 11.3. The number of hydrogen-bond acceptors (Lipinski definition) is 7. The van der Waals surface area contributed by atoms with Crippen molar-refractivity contribution in [3.63, 3.8) is 0 Å². The Morgan fingerprint density at radius 3 is 2.96 bits per heavy atom. The van der Waals surface area contributed by atoms with Gasteiger partial charge in [-0.1, -0.05) is 25.9 Å². The van der Waals surface area contributed by atoms with Crippen LogP contribution in [-0.4, -0.2) is 21.1 Å². The Labute approximate surface area is 137 Å². The summed E-state index contributed by atoms with van der Waals surface area (Å²) in [5.74, 6) is -0.242. The van der Waals surface area contributed by atoms with Gasteiger partial charge >= 0.3 is 5.97 Å². The van der Waals surface area contributed by atoms with Gasteiger partial charge in [0.2, 0.25) is 0 Å². The molecule has 0 atom stereocenters. The molecular weight excluding hydrogens is 314 g/mol. The molecule has 0 amide bonds. The zero-order chi connectivity index (χ0) is 16.4. The third-order valence-electron chi connectivity index (χ3n) is 3.39. The molecule has 0 saturated heterocycles. The fourth-order valence-corrected chi connectivity index (χ4v) is 2.91. The Morgan fingerprint density at radius 1 is 1.43 bits per heavy atom. The molecule has 3 aromatic rings. The highest BCUT2D eigenvalue weighted by Gasteiger charge is 2.16. The van der Waals surface area contributed by atoms with Crippen molar-refractivity contribution in [1.82, 2.24) is 15.1 Å². The SMILES string of the molecule is CCc1nc(COC(=O)c2cnc3onc(C(C)C)c3c2)cs1. The number of carbonyl (C=O) groups is 1. The average molecular weight is 331 g/mol. The number of pyridine rings is 1. The van der Waals surface area contributed by atoms with Crippen LogP contribution in [0.5, 0.6) is 0 Å². The van der Waals surface area contributed by atoms with Crippen molar-refractivity contribution in [3.05, 3.63) is 39.6 Å². The maximum absolute atomic E-state index is 12.2. The predicted molar refractivity (Wildman–Crippen MR) is 86.5 cm³/mol. The summed E-state index contributed by atoms with van der Waals surface area (Å²) in [5, 5.41) is 7.69. The van der Waals surface area contributed by atoms with Gasteiger partial charge in [0.15, 0.2) is 0 Å². The lowest BCUT2D eigenvalue weighted by Crippen LogP contribution is -2.06. The van der Waals surface area contributed by atoms with E-state index in [-0.39, 0.29) is 12.5 Å². The Bertz CT molecular complexity index is 838. The van der Waals surface area contributed by atoms with Crippen molar-refractivity contribution >= 4 is 28.4 Å². The van der Waals surface area contributed by atoms with E-state index in [9.17, 15) is 4.79 Å². The highest BCUT2D eigenvalue weighted by atomic mass is 32.1. The van der Waals surface area contributed by atoms with E-state index in [2.05, 4.69) is 15.1 Å². The Hall–Kier alpha value is -2.28. The van der Waals surface area contributed by atoms with Crippen LogP contribution in [0.2, 0.25) is 0 Å². The van der Waals surface area contributed by atoms with Crippen molar-refractivity contribution in [2.75, 3.05) is 0 Å². The van der Waals surface area contributed by atoms with E-state index in [1.807, 2.05) is 26.2 Å². The Morgan fingerprint density at radius 2 is 2.26 bits per heavy atom. The molecule has 0 aliphatic rings. The molecule has 0 aromatic carbocycles. The first-order valence-electron chi connectivity index (χ1n) is 7.44. The summed E-state index contributed by atoms with van der Waals surface area (Å²) in [4.78, 5) is 20.7. The molecule has 0 N–H and O–H groups in total. The van der Waals surface area contributed by atoms with E-state index in [1.54, 1.807) is 17.4 Å². The van der Waals surface area contributed by atoms with Crippen molar-refractivity contribution in [1.29, 1.82) is 0 Å². The molecule has 0 spiro atoms. The topological polar surface area (TPSA) is 78.1 Å². The van der Waals surface area contributed by atoms with Crippen molar-refractivity contribution in [3.8, 4) is 0 Å². The van der Waals surface area contributed by atoms with Gasteiger partial charge < -0.3 is 9.26 Å². The molecular formula is C16H17N3O3S. The molecule has 0 aliphatic heterocycles. The van der Waals surface area contributed by atoms with Gasteiger partial charge in [0.25, 0.3) is 5.71 Å². The molecule has 0 bridgehead atoms. The minimum absolute atomic E-state index is 0.161. The number of fused-ring (bicyclic) bond motifs is 1. The highest BCUT2D eigenvalue weighted by Crippen LogP contribution is 2.24. The molecule has 3 rings (SSSR count). The van der Waals surface area contributed by atoms with Gasteiger partial charge in [0, 0.05) is 11.6 Å². The quantitative estimate of drug-likeness (QED) is 0.663. The lowest BCUT2D eigenvalue weighted by molar-refractivity contribution is 0.0468. The highest BCUT2D eigenvalue weighted by molar-refractivity contribution is 7.09. The van der Waals surface area contributed by atoms with Gasteiger partial charge in [0.1, 0.15) is 6.61 Å². The monoisotopic (exact) mass is 331 g/mol. The van der Waals surface area contributed by atoms with E-state index in [1.165, 1.54) is 6.20 Å². The van der Waals surface area contributed by atoms with Crippen LogP contribution in [0.15, 0.2) is 22.2 Å². The summed E-state index contributed by atoms with van der Waals surface area (Å²) in [6, 6.07) is 1.72. The van der Waals surface area contributed by atoms with E-state index >= 15 is 0 Å². The number of carbonyl (C=O) groups excluding carboxylic acids is 1. The Balaban J connectivity index is 1.76. The zero-order valence-electron chi connectivity index (χ0n) is 13.2. The average Bonchev–Trinajstić information content (AvgIpc) is 3.18. The largest absolute Gasteiger partial charge is 0.456 e. The molecule has 6 nitrogen and oxygen atoms in total. The fourth-order valence-electron chi connectivity index (χ4n) is 2.18. The lowest BCUT2D eigenvalue weighted by Gasteiger charge is -2.03. The number of ether oxygens (including phenoxy) is 1. The summed E-state index contributed by atoms with van der Waals surface area (Å²) in [5.41, 5.74) is 2.36. The third kappa shape index (κ3) is 3.24. The summed E-state index contributed by atoms with van der Waals surface area (Å²) in [6.45, 7) is 6.22. The van der Waals surface area contributed by atoms with Gasteiger partial charge in [-0.3, -0.25) is 0 Å². The maximum atomic E-state index is 12.2. The molecule has 23 heavy (non-hydrogen) atoms. The number of thiazole rings is 1. The standard InChI is InChI=1S/C16H17N3O3S/c1-4-13-18-11(8-23-13)7-21-16(20)10-5-12-14(9(2)3)19-22-15(12)17-6-10/h5-6,8-9H,4,7H2,1-3H3. The first-order valence-corrected chi connectivity index (χ1v) is 8.32. The number of rotatable bonds is 5. The van der Waals surface area contributed by atoms with Crippen molar-refractivity contribution < 1.29 is 14.1 Å². The van der Waals surface area contributed by atoms with E-state index in [0.29, 0.717) is 11.3 Å². The lowest BCUT2D eigenvalue weighted by atomic mass is 10.1. The minimum atomic E-state index is -0.429. The number of nitrogens with zero attached hydrogens (tertiary/aromatic N) is 3. The van der Waals surface area contributed by atoms with Gasteiger partial charge in [0.05, 0.1) is 27.3 Å². The Kier molecular flexibility index (Phi) is 4.38. The number of hydrogen-bond donors (Lipinski definition) is 0. The van der Waals surface area contributed by atoms with Crippen molar-refractivity contribution in [2.45, 2.75) is 39.7 Å². The van der Waals surface area contributed by atoms with Crippen LogP contribution in [0.25, 0.3) is 11.1 Å². The first-order chi connectivity index (χ1) is 11.1. The summed E-state index contributed by atoms with van der Waals surface area (Å²) in [6.07, 6.45) is 2.32. The molecule has 0 radical (unpaired) electrons. The van der Waals surface area contributed by atoms with Gasteiger partial charge in [-0.15, -0.1) is 11.3 Å². The molecule has 120 valence electrons. The first kappa shape index (κ1) is 15.6. The smallest absolute Gasteiger partial charge is 0.340 e. The fraction of sp³-hybridized carbons (Fsp3) is 0.375. The van der Waals surface area contributed by atoms with Gasteiger partial charge in [-0.05, 0) is 18.4 Å². The van der Waals surface area contributed by atoms with Crippen LogP contribution < -0.4 is 0 Å². The number of aromatic nitrogens is 3. The summed E-state index contributed by atoms with van der Waals surface area (Å²) in [7, 11) is 0. The van der Waals surface area contributed by atoms with Crippen LogP contribution >= 0.6 is 11.3 Å². The van der Waals surface area contributed by atoms with Crippen molar-refractivity contribution in [2.24, 2.45) is 0 Å². The molecule has 0 unspecified atom stereocenters. The minimum Gasteiger partial charge on any atom is -0.456 e. The van der Waals surface area contributed by atoms with Crippen LogP contribution in [0, 0.1) is 0 Å². The zero-order valence-corrected chi connectivity index (χ0v) is 14.0. The van der Waals surface area contributed by atoms with E-state index < -0.39 is 5.97 Å². The second-order valence-corrected chi connectivity index (χ2v) is 6.40. The van der Waals surface area contributed by atoms with E-state index in [4.69, 9.17) is 9.26 Å². The third-order valence-corrected chi connectivity index (χ3v) is 4.43.